The first-order valence-electron chi connectivity index (χ1n) is 5.30. The Morgan fingerprint density at radius 3 is 1.87 bits per heavy atom. The summed E-state index contributed by atoms with van der Waals surface area (Å²) in [5, 5.41) is 17.6. The third-order valence-electron chi connectivity index (χ3n) is 2.47. The van der Waals surface area contributed by atoms with Crippen molar-refractivity contribution in [2.24, 2.45) is 17.8 Å². The first-order chi connectivity index (χ1) is 6.84. The Kier molecular flexibility index (Phi) is 5.97. The molecule has 0 rings (SSSR count). The second-order valence-corrected chi connectivity index (χ2v) is 4.48. The Bertz CT molecular complexity index is 223. The Morgan fingerprint density at radius 1 is 1.00 bits per heavy atom. The van der Waals surface area contributed by atoms with E-state index in [9.17, 15) is 9.59 Å². The number of rotatable bonds is 7. The standard InChI is InChI=1S/C11H20O4/c1-7(2)6-9(11(14)15)5-4-8(3)10(12)13/h7-9H,4-6H2,1-3H3,(H,12,13)(H,14,15). The molecule has 15 heavy (non-hydrogen) atoms. The quantitative estimate of drug-likeness (QED) is 0.684. The predicted molar refractivity (Wildman–Crippen MR) is 56.6 cm³/mol. The van der Waals surface area contributed by atoms with Crippen LogP contribution in [0.1, 0.15) is 40.0 Å². The fourth-order valence-electron chi connectivity index (χ4n) is 1.49. The highest BCUT2D eigenvalue weighted by Crippen LogP contribution is 2.20. The monoisotopic (exact) mass is 216 g/mol. The molecule has 2 N–H and O–H groups in total. The van der Waals surface area contributed by atoms with E-state index >= 15 is 0 Å². The van der Waals surface area contributed by atoms with Gasteiger partial charge >= 0.3 is 11.9 Å². The van der Waals surface area contributed by atoms with Gasteiger partial charge in [0.1, 0.15) is 0 Å². The van der Waals surface area contributed by atoms with E-state index in [1.165, 1.54) is 0 Å². The fraction of sp³-hybridized carbons (Fsp3) is 0.818. The lowest BCUT2D eigenvalue weighted by Gasteiger charge is -2.15. The van der Waals surface area contributed by atoms with Crippen molar-refractivity contribution in [3.8, 4) is 0 Å². The lowest BCUT2D eigenvalue weighted by Crippen LogP contribution is -2.19. The van der Waals surface area contributed by atoms with Gasteiger partial charge in [0.05, 0.1) is 11.8 Å². The summed E-state index contributed by atoms with van der Waals surface area (Å²) in [7, 11) is 0. The summed E-state index contributed by atoms with van der Waals surface area (Å²) in [4.78, 5) is 21.4. The molecule has 0 aromatic carbocycles. The molecule has 4 nitrogen and oxygen atoms in total. The largest absolute Gasteiger partial charge is 0.481 e. The smallest absolute Gasteiger partial charge is 0.306 e. The van der Waals surface area contributed by atoms with Crippen LogP contribution in [0.15, 0.2) is 0 Å². The number of aliphatic carboxylic acids is 2. The summed E-state index contributed by atoms with van der Waals surface area (Å²) < 4.78 is 0. The molecule has 0 aliphatic rings. The summed E-state index contributed by atoms with van der Waals surface area (Å²) in [5.41, 5.74) is 0. The third-order valence-corrected chi connectivity index (χ3v) is 2.47. The van der Waals surface area contributed by atoms with E-state index < -0.39 is 23.8 Å². The van der Waals surface area contributed by atoms with Crippen LogP contribution >= 0.6 is 0 Å². The minimum Gasteiger partial charge on any atom is -0.481 e. The van der Waals surface area contributed by atoms with Crippen molar-refractivity contribution < 1.29 is 19.8 Å². The van der Waals surface area contributed by atoms with Gasteiger partial charge in [-0.25, -0.2) is 0 Å². The van der Waals surface area contributed by atoms with Gasteiger partial charge in [-0.05, 0) is 25.2 Å². The van der Waals surface area contributed by atoms with Crippen molar-refractivity contribution in [3.05, 3.63) is 0 Å². The Balaban J connectivity index is 4.07. The molecule has 0 saturated carbocycles. The van der Waals surface area contributed by atoms with Crippen LogP contribution in [-0.2, 0) is 9.59 Å². The van der Waals surface area contributed by atoms with Gasteiger partial charge in [0, 0.05) is 0 Å². The summed E-state index contributed by atoms with van der Waals surface area (Å²) in [5.74, 6) is -2.22. The first-order valence-corrected chi connectivity index (χ1v) is 5.30. The highest BCUT2D eigenvalue weighted by Gasteiger charge is 2.21. The van der Waals surface area contributed by atoms with Gasteiger partial charge in [-0.2, -0.15) is 0 Å². The average Bonchev–Trinajstić information content (AvgIpc) is 2.10. The third kappa shape index (κ3) is 6.10. The molecule has 0 bridgehead atoms. The molecule has 0 spiro atoms. The minimum absolute atomic E-state index is 0.325. The zero-order valence-corrected chi connectivity index (χ0v) is 9.56. The molecule has 0 aromatic rings. The molecule has 0 aliphatic heterocycles. The Hall–Kier alpha value is -1.06. The molecule has 0 aliphatic carbocycles. The van der Waals surface area contributed by atoms with E-state index in [1.54, 1.807) is 6.92 Å². The van der Waals surface area contributed by atoms with E-state index in [4.69, 9.17) is 10.2 Å². The molecule has 0 radical (unpaired) electrons. The second-order valence-electron chi connectivity index (χ2n) is 4.48. The zero-order valence-electron chi connectivity index (χ0n) is 9.56. The topological polar surface area (TPSA) is 74.6 Å². The van der Waals surface area contributed by atoms with Crippen molar-refractivity contribution >= 4 is 11.9 Å². The van der Waals surface area contributed by atoms with E-state index in [1.807, 2.05) is 13.8 Å². The molecule has 0 fully saturated rings. The maximum absolute atomic E-state index is 10.9. The SMILES string of the molecule is CC(C)CC(CCC(C)C(=O)O)C(=O)O. The molecule has 0 aromatic heterocycles. The van der Waals surface area contributed by atoms with Crippen LogP contribution in [0.25, 0.3) is 0 Å². The number of carboxylic acid groups (broad SMARTS) is 2. The maximum atomic E-state index is 10.9. The molecule has 0 saturated heterocycles. The van der Waals surface area contributed by atoms with Gasteiger partial charge in [0.25, 0.3) is 0 Å². The van der Waals surface area contributed by atoms with Gasteiger partial charge < -0.3 is 10.2 Å². The van der Waals surface area contributed by atoms with Crippen molar-refractivity contribution in [3.63, 3.8) is 0 Å². The number of carboxylic acids is 2. The van der Waals surface area contributed by atoms with Crippen LogP contribution in [0.5, 0.6) is 0 Å². The van der Waals surface area contributed by atoms with Gasteiger partial charge in [0.15, 0.2) is 0 Å². The highest BCUT2D eigenvalue weighted by molar-refractivity contribution is 5.71. The van der Waals surface area contributed by atoms with Crippen molar-refractivity contribution in [2.45, 2.75) is 40.0 Å². The van der Waals surface area contributed by atoms with Crippen molar-refractivity contribution in [2.75, 3.05) is 0 Å². The van der Waals surface area contributed by atoms with Gasteiger partial charge in [0.2, 0.25) is 0 Å². The molecule has 2 unspecified atom stereocenters. The molecular formula is C11H20O4. The molecule has 0 amide bonds. The van der Waals surface area contributed by atoms with Gasteiger partial charge in [-0.3, -0.25) is 9.59 Å². The van der Waals surface area contributed by atoms with E-state index in [2.05, 4.69) is 0 Å². The van der Waals surface area contributed by atoms with E-state index in [-0.39, 0.29) is 0 Å². The van der Waals surface area contributed by atoms with Crippen LogP contribution in [0.2, 0.25) is 0 Å². The Morgan fingerprint density at radius 2 is 1.53 bits per heavy atom. The summed E-state index contributed by atoms with van der Waals surface area (Å²) >= 11 is 0. The van der Waals surface area contributed by atoms with Gasteiger partial charge in [-0.1, -0.05) is 20.8 Å². The highest BCUT2D eigenvalue weighted by atomic mass is 16.4. The normalized spacial score (nSPS) is 14.9. The average molecular weight is 216 g/mol. The molecule has 0 heterocycles. The van der Waals surface area contributed by atoms with Crippen molar-refractivity contribution in [1.82, 2.24) is 0 Å². The number of hydrogen-bond donors (Lipinski definition) is 2. The molecular weight excluding hydrogens is 196 g/mol. The fourth-order valence-corrected chi connectivity index (χ4v) is 1.49. The van der Waals surface area contributed by atoms with Crippen LogP contribution in [-0.4, -0.2) is 22.2 Å². The lowest BCUT2D eigenvalue weighted by atomic mass is 9.90. The molecule has 2 atom stereocenters. The number of carbonyl (C=O) groups is 2. The molecule has 4 heteroatoms. The van der Waals surface area contributed by atoms with Gasteiger partial charge in [-0.15, -0.1) is 0 Å². The zero-order chi connectivity index (χ0) is 12.0. The predicted octanol–water partition coefficient (Wildman–Crippen LogP) is 2.23. The minimum atomic E-state index is -0.858. The maximum Gasteiger partial charge on any atom is 0.306 e. The van der Waals surface area contributed by atoms with Crippen LogP contribution in [0.4, 0.5) is 0 Å². The van der Waals surface area contributed by atoms with Crippen LogP contribution < -0.4 is 0 Å². The summed E-state index contributed by atoms with van der Waals surface area (Å²) in [6.07, 6.45) is 1.49. The first kappa shape index (κ1) is 13.9. The van der Waals surface area contributed by atoms with E-state index in [0.717, 1.165) is 0 Å². The van der Waals surface area contributed by atoms with Crippen LogP contribution in [0, 0.1) is 17.8 Å². The van der Waals surface area contributed by atoms with Crippen molar-refractivity contribution in [1.29, 1.82) is 0 Å². The van der Waals surface area contributed by atoms with Crippen LogP contribution in [0.3, 0.4) is 0 Å². The van der Waals surface area contributed by atoms with E-state index in [0.29, 0.717) is 25.2 Å². The summed E-state index contributed by atoms with van der Waals surface area (Å²) in [6.45, 7) is 5.55. The second kappa shape index (κ2) is 6.43. The Labute approximate surface area is 90.3 Å². The molecule has 88 valence electrons. The summed E-state index contributed by atoms with van der Waals surface area (Å²) in [6, 6.07) is 0. The number of hydrogen-bond acceptors (Lipinski definition) is 2. The lowest BCUT2D eigenvalue weighted by molar-refractivity contribution is -0.145.